The zero-order chi connectivity index (χ0) is 21.5. The molecule has 5 rings (SSSR count). The fraction of sp³-hybridized carbons (Fsp3) is 0.269. The number of halogens is 1. The molecule has 3 aromatic carbocycles. The summed E-state index contributed by atoms with van der Waals surface area (Å²) in [5.41, 5.74) is 5.59. The Bertz CT molecular complexity index is 1120. The molecule has 0 saturated carbocycles. The molecule has 0 amide bonds. The van der Waals surface area contributed by atoms with Crippen molar-refractivity contribution in [2.24, 2.45) is 5.10 Å². The van der Waals surface area contributed by atoms with E-state index in [1.165, 1.54) is 5.56 Å². The third-order valence-electron chi connectivity index (χ3n) is 6.07. The minimum absolute atomic E-state index is 0.0827. The maximum atomic E-state index is 6.53. The Kier molecular flexibility index (Phi) is 5.11. The van der Waals surface area contributed by atoms with E-state index >= 15 is 0 Å². The molecule has 0 fully saturated rings. The molecule has 2 aliphatic heterocycles. The number of fused-ring (bicyclic) bond motifs is 3. The Morgan fingerprint density at radius 3 is 2.45 bits per heavy atom. The predicted molar refractivity (Wildman–Crippen MR) is 124 cm³/mol. The molecule has 2 heterocycles. The van der Waals surface area contributed by atoms with Crippen molar-refractivity contribution >= 4 is 17.3 Å². The number of hydrogen-bond acceptors (Lipinski definition) is 4. The molecular weight excluding hydrogens is 408 g/mol. The van der Waals surface area contributed by atoms with Gasteiger partial charge >= 0.3 is 0 Å². The average molecular weight is 433 g/mol. The summed E-state index contributed by atoms with van der Waals surface area (Å²) in [5, 5.41) is 7.84. The number of hydrogen-bond donors (Lipinski definition) is 0. The van der Waals surface area contributed by atoms with Crippen LogP contribution in [0.2, 0.25) is 5.02 Å². The molecule has 5 heteroatoms. The highest BCUT2D eigenvalue weighted by Crippen LogP contribution is 2.50. The summed E-state index contributed by atoms with van der Waals surface area (Å²) in [6.07, 6.45) is 0.478. The smallest absolute Gasteiger partial charge is 0.214 e. The standard InChI is InChI=1S/C26H25ClN2O2/c1-16(2)17-7-9-19(10-8-17)26-29-23(21-5-4-6-24(30-3)25(21)31-26)15-22(28-29)18-11-13-20(27)14-12-18/h4-14,16,23,26H,15H2,1-3H3/t23-,26-/m1/s1. The van der Waals surface area contributed by atoms with Gasteiger partial charge in [-0.15, -0.1) is 0 Å². The average Bonchev–Trinajstić information content (AvgIpc) is 3.24. The Morgan fingerprint density at radius 1 is 1.03 bits per heavy atom. The SMILES string of the molecule is COc1cccc2c1O[C@H](c1ccc(C(C)C)cc1)N1N=C(c3ccc(Cl)cc3)C[C@H]21. The molecule has 4 nitrogen and oxygen atoms in total. The van der Waals surface area contributed by atoms with Crippen LogP contribution < -0.4 is 9.47 Å². The van der Waals surface area contributed by atoms with Crippen molar-refractivity contribution in [3.8, 4) is 11.5 Å². The van der Waals surface area contributed by atoms with E-state index in [0.29, 0.717) is 5.92 Å². The second-order valence-electron chi connectivity index (χ2n) is 8.32. The largest absolute Gasteiger partial charge is 0.493 e. The Hall–Kier alpha value is -2.98. The second kappa shape index (κ2) is 7.93. The van der Waals surface area contributed by atoms with Crippen molar-refractivity contribution in [2.45, 2.75) is 38.5 Å². The third kappa shape index (κ3) is 3.55. The van der Waals surface area contributed by atoms with Gasteiger partial charge in [0.1, 0.15) is 0 Å². The van der Waals surface area contributed by atoms with E-state index in [-0.39, 0.29) is 12.3 Å². The van der Waals surface area contributed by atoms with E-state index in [1.807, 2.05) is 36.4 Å². The molecular formula is C26H25ClN2O2. The summed E-state index contributed by atoms with van der Waals surface area (Å²) in [6, 6.07) is 22.7. The molecule has 0 spiro atoms. The van der Waals surface area contributed by atoms with Crippen LogP contribution in [0.3, 0.4) is 0 Å². The van der Waals surface area contributed by atoms with Crippen molar-refractivity contribution in [1.29, 1.82) is 0 Å². The molecule has 158 valence electrons. The van der Waals surface area contributed by atoms with E-state index in [2.05, 4.69) is 49.2 Å². The second-order valence-corrected chi connectivity index (χ2v) is 8.76. The summed E-state index contributed by atoms with van der Waals surface area (Å²) in [4.78, 5) is 0. The number of rotatable bonds is 4. The van der Waals surface area contributed by atoms with Gasteiger partial charge in [-0.1, -0.05) is 74.0 Å². The fourth-order valence-electron chi connectivity index (χ4n) is 4.33. The van der Waals surface area contributed by atoms with Gasteiger partial charge in [0.15, 0.2) is 11.5 Å². The van der Waals surface area contributed by atoms with Crippen molar-refractivity contribution in [3.05, 3.63) is 94.0 Å². The summed E-state index contributed by atoms with van der Waals surface area (Å²) >= 11 is 6.09. The summed E-state index contributed by atoms with van der Waals surface area (Å²) < 4.78 is 12.2. The zero-order valence-corrected chi connectivity index (χ0v) is 18.6. The molecule has 0 N–H and O–H groups in total. The third-order valence-corrected chi connectivity index (χ3v) is 6.32. The van der Waals surface area contributed by atoms with Gasteiger partial charge in [-0.2, -0.15) is 5.10 Å². The van der Waals surface area contributed by atoms with E-state index in [0.717, 1.165) is 45.3 Å². The lowest BCUT2D eigenvalue weighted by molar-refractivity contribution is -0.0209. The first-order valence-electron chi connectivity index (χ1n) is 10.6. The minimum Gasteiger partial charge on any atom is -0.493 e. The van der Waals surface area contributed by atoms with Crippen LogP contribution in [0.15, 0.2) is 71.8 Å². The highest BCUT2D eigenvalue weighted by atomic mass is 35.5. The van der Waals surface area contributed by atoms with Crippen LogP contribution in [0.25, 0.3) is 0 Å². The molecule has 0 radical (unpaired) electrons. The molecule has 2 aliphatic rings. The number of ether oxygens (including phenoxy) is 2. The summed E-state index contributed by atoms with van der Waals surface area (Å²) in [7, 11) is 1.68. The topological polar surface area (TPSA) is 34.1 Å². The molecule has 0 aromatic heterocycles. The van der Waals surface area contributed by atoms with Gasteiger partial charge in [0.05, 0.1) is 18.9 Å². The van der Waals surface area contributed by atoms with Crippen LogP contribution in [0.1, 0.15) is 60.7 Å². The van der Waals surface area contributed by atoms with Crippen LogP contribution in [-0.4, -0.2) is 17.8 Å². The maximum Gasteiger partial charge on any atom is 0.214 e. The van der Waals surface area contributed by atoms with Gasteiger partial charge in [0.25, 0.3) is 0 Å². The molecule has 2 atom stereocenters. The van der Waals surface area contributed by atoms with E-state index < -0.39 is 0 Å². The number of para-hydroxylation sites is 1. The van der Waals surface area contributed by atoms with Gasteiger partial charge in [0, 0.05) is 22.6 Å². The first-order valence-corrected chi connectivity index (χ1v) is 11.0. The van der Waals surface area contributed by atoms with Crippen LogP contribution >= 0.6 is 11.6 Å². The highest BCUT2D eigenvalue weighted by molar-refractivity contribution is 6.30. The number of benzene rings is 3. The van der Waals surface area contributed by atoms with Gasteiger partial charge < -0.3 is 9.47 Å². The molecule has 0 saturated heterocycles. The summed E-state index contributed by atoms with van der Waals surface area (Å²) in [5.74, 6) is 2.04. The Labute approximate surface area is 188 Å². The normalized spacial score (nSPS) is 19.5. The van der Waals surface area contributed by atoms with Gasteiger partial charge in [-0.25, -0.2) is 5.01 Å². The van der Waals surface area contributed by atoms with E-state index in [4.69, 9.17) is 26.2 Å². The lowest BCUT2D eigenvalue weighted by Gasteiger charge is -2.38. The highest BCUT2D eigenvalue weighted by Gasteiger charge is 2.42. The van der Waals surface area contributed by atoms with E-state index in [1.54, 1.807) is 7.11 Å². The summed E-state index contributed by atoms with van der Waals surface area (Å²) in [6.45, 7) is 4.40. The fourth-order valence-corrected chi connectivity index (χ4v) is 4.45. The molecule has 0 bridgehead atoms. The van der Waals surface area contributed by atoms with Crippen molar-refractivity contribution in [1.82, 2.24) is 5.01 Å². The van der Waals surface area contributed by atoms with Crippen LogP contribution in [0.4, 0.5) is 0 Å². The lowest BCUT2D eigenvalue weighted by atomic mass is 9.95. The Morgan fingerprint density at radius 2 is 1.77 bits per heavy atom. The van der Waals surface area contributed by atoms with Gasteiger partial charge in [0.2, 0.25) is 6.23 Å². The van der Waals surface area contributed by atoms with Crippen molar-refractivity contribution < 1.29 is 9.47 Å². The van der Waals surface area contributed by atoms with Crippen molar-refractivity contribution in [3.63, 3.8) is 0 Å². The first-order chi connectivity index (χ1) is 15.0. The van der Waals surface area contributed by atoms with Crippen LogP contribution in [-0.2, 0) is 0 Å². The van der Waals surface area contributed by atoms with Gasteiger partial charge in [-0.05, 0) is 35.2 Å². The van der Waals surface area contributed by atoms with Crippen LogP contribution in [0, 0.1) is 0 Å². The lowest BCUT2D eigenvalue weighted by Crippen LogP contribution is -2.33. The molecule has 31 heavy (non-hydrogen) atoms. The Balaban J connectivity index is 1.58. The number of methoxy groups -OCH3 is 1. The quantitative estimate of drug-likeness (QED) is 0.459. The first kappa shape index (κ1) is 20.0. The maximum absolute atomic E-state index is 6.53. The van der Waals surface area contributed by atoms with Gasteiger partial charge in [-0.3, -0.25) is 0 Å². The molecule has 0 aliphatic carbocycles. The molecule has 3 aromatic rings. The monoisotopic (exact) mass is 432 g/mol. The van der Waals surface area contributed by atoms with E-state index in [9.17, 15) is 0 Å². The van der Waals surface area contributed by atoms with Crippen molar-refractivity contribution in [2.75, 3.05) is 7.11 Å². The van der Waals surface area contributed by atoms with Crippen LogP contribution in [0.5, 0.6) is 11.5 Å². The number of hydrazone groups is 1. The zero-order valence-electron chi connectivity index (χ0n) is 17.9. The minimum atomic E-state index is -0.320. The molecule has 0 unspecified atom stereocenters. The predicted octanol–water partition coefficient (Wildman–Crippen LogP) is 6.71. The number of nitrogens with zero attached hydrogens (tertiary/aromatic N) is 2.